The van der Waals surface area contributed by atoms with Crippen molar-refractivity contribution < 1.29 is 9.13 Å². The van der Waals surface area contributed by atoms with Crippen molar-refractivity contribution in [3.05, 3.63) is 30.1 Å². The molecule has 116 valence electrons. The number of rotatable bonds is 3. The van der Waals surface area contributed by atoms with Crippen LogP contribution in [-0.2, 0) is 4.74 Å². The Morgan fingerprint density at radius 2 is 2.10 bits per heavy atom. The first-order valence-electron chi connectivity index (χ1n) is 7.74. The van der Waals surface area contributed by atoms with Gasteiger partial charge in [-0.15, -0.1) is 0 Å². The third-order valence-electron chi connectivity index (χ3n) is 5.66. The molecule has 3 nitrogen and oxygen atoms in total. The first-order chi connectivity index (χ1) is 9.88. The molecule has 3 atom stereocenters. The lowest BCUT2D eigenvalue weighted by atomic mass is 9.46. The molecule has 0 bridgehead atoms. The molecule has 2 fully saturated rings. The highest BCUT2D eigenvalue weighted by atomic mass is 19.1. The normalized spacial score (nSPS) is 34.0. The molecule has 0 aromatic heterocycles. The van der Waals surface area contributed by atoms with E-state index < -0.39 is 0 Å². The van der Waals surface area contributed by atoms with E-state index in [4.69, 9.17) is 10.5 Å². The van der Waals surface area contributed by atoms with E-state index in [0.29, 0.717) is 18.2 Å². The van der Waals surface area contributed by atoms with Gasteiger partial charge in [-0.05, 0) is 25.0 Å². The van der Waals surface area contributed by atoms with E-state index in [1.807, 2.05) is 18.0 Å². The Morgan fingerprint density at radius 3 is 2.81 bits per heavy atom. The smallest absolute Gasteiger partial charge is 0.146 e. The Labute approximate surface area is 126 Å². The summed E-state index contributed by atoms with van der Waals surface area (Å²) in [4.78, 5) is 1.95. The van der Waals surface area contributed by atoms with Gasteiger partial charge in [0, 0.05) is 37.1 Å². The van der Waals surface area contributed by atoms with Gasteiger partial charge >= 0.3 is 0 Å². The lowest BCUT2D eigenvalue weighted by molar-refractivity contribution is -0.224. The molecule has 0 amide bonds. The number of likely N-dealkylation sites (N-methyl/N-ethyl adjacent to an activating group) is 1. The molecule has 1 aromatic rings. The second kappa shape index (κ2) is 4.96. The number of para-hydroxylation sites is 1. The molecule has 1 aromatic carbocycles. The molecule has 0 radical (unpaired) electrons. The fourth-order valence-corrected chi connectivity index (χ4v) is 4.23. The lowest BCUT2D eigenvalue weighted by Crippen LogP contribution is -2.80. The van der Waals surface area contributed by atoms with Crippen molar-refractivity contribution in [2.24, 2.45) is 17.1 Å². The van der Waals surface area contributed by atoms with Crippen molar-refractivity contribution in [2.75, 3.05) is 25.1 Å². The maximum absolute atomic E-state index is 14.0. The van der Waals surface area contributed by atoms with Gasteiger partial charge in [-0.1, -0.05) is 26.0 Å². The highest BCUT2D eigenvalue weighted by Crippen LogP contribution is 2.57. The summed E-state index contributed by atoms with van der Waals surface area (Å²) in [6, 6.07) is 6.87. The quantitative estimate of drug-likeness (QED) is 0.931. The highest BCUT2D eigenvalue weighted by molar-refractivity contribution is 5.48. The van der Waals surface area contributed by atoms with Gasteiger partial charge in [0.15, 0.2) is 0 Å². The number of hydrogen-bond donors (Lipinski definition) is 1. The minimum atomic E-state index is -0.338. The van der Waals surface area contributed by atoms with Crippen molar-refractivity contribution in [1.29, 1.82) is 0 Å². The van der Waals surface area contributed by atoms with Crippen LogP contribution >= 0.6 is 0 Å². The van der Waals surface area contributed by atoms with Gasteiger partial charge in [0.1, 0.15) is 5.82 Å². The Hall–Kier alpha value is -1.13. The van der Waals surface area contributed by atoms with Gasteiger partial charge in [-0.3, -0.25) is 0 Å². The molecule has 21 heavy (non-hydrogen) atoms. The number of benzene rings is 1. The summed E-state index contributed by atoms with van der Waals surface area (Å²) >= 11 is 0. The zero-order chi connectivity index (χ0) is 15.3. The van der Waals surface area contributed by atoms with Gasteiger partial charge in [-0.2, -0.15) is 0 Å². The number of nitrogens with two attached hydrogens (primary N) is 1. The largest absolute Gasteiger partial charge is 0.377 e. The number of fused-ring (bicyclic) bond motifs is 1. The van der Waals surface area contributed by atoms with E-state index in [1.165, 1.54) is 6.07 Å². The summed E-state index contributed by atoms with van der Waals surface area (Å²) in [6.45, 7) is 5.83. The molecular weight excluding hydrogens is 267 g/mol. The number of halogens is 1. The summed E-state index contributed by atoms with van der Waals surface area (Å²) in [5, 5.41) is 0. The van der Waals surface area contributed by atoms with Gasteiger partial charge in [-0.25, -0.2) is 4.39 Å². The van der Waals surface area contributed by atoms with Crippen LogP contribution in [0.3, 0.4) is 0 Å². The first kappa shape index (κ1) is 14.8. The molecule has 1 aliphatic heterocycles. The van der Waals surface area contributed by atoms with Crippen LogP contribution in [0.15, 0.2) is 24.3 Å². The third kappa shape index (κ3) is 2.08. The molecular formula is C17H25FN2O. The molecule has 1 saturated heterocycles. The molecule has 1 saturated carbocycles. The summed E-state index contributed by atoms with van der Waals surface area (Å²) < 4.78 is 19.9. The third-order valence-corrected chi connectivity index (χ3v) is 5.66. The zero-order valence-electron chi connectivity index (χ0n) is 13.1. The van der Waals surface area contributed by atoms with E-state index in [-0.39, 0.29) is 22.9 Å². The van der Waals surface area contributed by atoms with Crippen LogP contribution in [0.25, 0.3) is 0 Å². The van der Waals surface area contributed by atoms with Gasteiger partial charge < -0.3 is 15.4 Å². The van der Waals surface area contributed by atoms with Crippen molar-refractivity contribution in [1.82, 2.24) is 0 Å². The molecule has 3 unspecified atom stereocenters. The van der Waals surface area contributed by atoms with E-state index in [0.717, 1.165) is 19.4 Å². The molecule has 0 spiro atoms. The van der Waals surface area contributed by atoms with E-state index in [9.17, 15) is 4.39 Å². The number of ether oxygens (including phenoxy) is 1. The maximum Gasteiger partial charge on any atom is 0.146 e. The summed E-state index contributed by atoms with van der Waals surface area (Å²) in [7, 11) is 1.92. The Bertz CT molecular complexity index is 533. The summed E-state index contributed by atoms with van der Waals surface area (Å²) in [5.41, 5.74) is 6.97. The fourth-order valence-electron chi connectivity index (χ4n) is 4.23. The van der Waals surface area contributed by atoms with Crippen LogP contribution in [0.4, 0.5) is 10.1 Å². The number of anilines is 1. The minimum Gasteiger partial charge on any atom is -0.377 e. The lowest BCUT2D eigenvalue weighted by Gasteiger charge is -2.67. The summed E-state index contributed by atoms with van der Waals surface area (Å²) in [5.74, 6) is 0.174. The van der Waals surface area contributed by atoms with E-state index in [2.05, 4.69) is 13.8 Å². The molecule has 2 aliphatic rings. The molecule has 1 aliphatic carbocycles. The highest BCUT2D eigenvalue weighted by Gasteiger charge is 2.66. The minimum absolute atomic E-state index is 0.0857. The van der Waals surface area contributed by atoms with Crippen LogP contribution in [-0.4, -0.2) is 31.8 Å². The van der Waals surface area contributed by atoms with Crippen molar-refractivity contribution in [2.45, 2.75) is 38.3 Å². The second-order valence-electron chi connectivity index (χ2n) is 7.11. The first-order valence-corrected chi connectivity index (χ1v) is 7.74. The van der Waals surface area contributed by atoms with E-state index >= 15 is 0 Å². The predicted molar refractivity (Wildman–Crippen MR) is 82.8 cm³/mol. The van der Waals surface area contributed by atoms with Crippen LogP contribution in [0, 0.1) is 17.2 Å². The standard InChI is InChI=1S/C17H25FN2O/c1-16(2)15-12(7-6-10-21-15)17(16,19)11-20(3)14-9-5-4-8-13(14)18/h4-5,8-9,12,15H,6-7,10-11,19H2,1-3H3. The van der Waals surface area contributed by atoms with E-state index in [1.54, 1.807) is 12.1 Å². The fraction of sp³-hybridized carbons (Fsp3) is 0.647. The SMILES string of the molecule is CN(CC1(N)C2CCCOC2C1(C)C)c1ccccc1F. The van der Waals surface area contributed by atoms with Crippen LogP contribution < -0.4 is 10.6 Å². The second-order valence-corrected chi connectivity index (χ2v) is 7.11. The monoisotopic (exact) mass is 292 g/mol. The van der Waals surface area contributed by atoms with Crippen LogP contribution in [0.5, 0.6) is 0 Å². The van der Waals surface area contributed by atoms with Gasteiger partial charge in [0.25, 0.3) is 0 Å². The van der Waals surface area contributed by atoms with Gasteiger partial charge in [0.2, 0.25) is 0 Å². The van der Waals surface area contributed by atoms with Crippen LogP contribution in [0.1, 0.15) is 26.7 Å². The van der Waals surface area contributed by atoms with Crippen molar-refractivity contribution in [3.63, 3.8) is 0 Å². The number of nitrogens with zero attached hydrogens (tertiary/aromatic N) is 1. The van der Waals surface area contributed by atoms with Gasteiger partial charge in [0.05, 0.1) is 11.8 Å². The Kier molecular flexibility index (Phi) is 3.49. The van der Waals surface area contributed by atoms with Crippen molar-refractivity contribution in [3.8, 4) is 0 Å². The zero-order valence-corrected chi connectivity index (χ0v) is 13.1. The Morgan fingerprint density at radius 1 is 1.38 bits per heavy atom. The predicted octanol–water partition coefficient (Wildman–Crippen LogP) is 2.79. The summed E-state index contributed by atoms with van der Waals surface area (Å²) in [6.07, 6.45) is 2.42. The Balaban J connectivity index is 1.81. The average Bonchev–Trinajstić information content (AvgIpc) is 2.47. The molecule has 4 heteroatoms. The molecule has 2 N–H and O–H groups in total. The molecule has 1 heterocycles. The average molecular weight is 292 g/mol. The number of hydrogen-bond acceptors (Lipinski definition) is 3. The van der Waals surface area contributed by atoms with Crippen LogP contribution in [0.2, 0.25) is 0 Å². The maximum atomic E-state index is 14.0. The molecule has 3 rings (SSSR count). The topological polar surface area (TPSA) is 38.5 Å². The van der Waals surface area contributed by atoms with Crippen molar-refractivity contribution >= 4 is 5.69 Å².